The van der Waals surface area contributed by atoms with Crippen molar-refractivity contribution in [3.63, 3.8) is 0 Å². The summed E-state index contributed by atoms with van der Waals surface area (Å²) in [5.41, 5.74) is 1.66. The minimum atomic E-state index is -0.902. The predicted molar refractivity (Wildman–Crippen MR) is 152 cm³/mol. The Morgan fingerprint density at radius 2 is 1.55 bits per heavy atom. The van der Waals surface area contributed by atoms with E-state index in [-0.39, 0.29) is 24.3 Å². The van der Waals surface area contributed by atoms with E-state index < -0.39 is 23.8 Å². The summed E-state index contributed by atoms with van der Waals surface area (Å²) >= 11 is 0. The molecule has 0 saturated carbocycles. The van der Waals surface area contributed by atoms with Crippen LogP contribution in [0.25, 0.3) is 10.8 Å². The number of likely N-dealkylation sites (N-methyl/N-ethyl adjacent to an activating group) is 1. The van der Waals surface area contributed by atoms with Gasteiger partial charge in [-0.1, -0.05) is 74.0 Å². The first-order valence-corrected chi connectivity index (χ1v) is 13.1. The summed E-state index contributed by atoms with van der Waals surface area (Å²) in [4.78, 5) is 41.8. The third-order valence-electron chi connectivity index (χ3n) is 6.20. The van der Waals surface area contributed by atoms with Crippen LogP contribution in [0.5, 0.6) is 0 Å². The number of carbonyl (C=O) groups is 3. The SMILES string of the molecule is CCN(C(=O)C(NC(=O)OC(C)(C)C)C(C)C)C(C(=O)Nc1ccc2ccccc2c1)c1ccc(C)cc1. The van der Waals surface area contributed by atoms with Gasteiger partial charge in [-0.25, -0.2) is 4.79 Å². The fraction of sp³-hybridized carbons (Fsp3) is 0.387. The van der Waals surface area contributed by atoms with Crippen molar-refractivity contribution in [1.29, 1.82) is 0 Å². The van der Waals surface area contributed by atoms with Crippen molar-refractivity contribution in [2.24, 2.45) is 5.92 Å². The van der Waals surface area contributed by atoms with E-state index in [0.29, 0.717) is 11.3 Å². The quantitative estimate of drug-likeness (QED) is 0.371. The lowest BCUT2D eigenvalue weighted by Crippen LogP contribution is -2.54. The molecule has 7 nitrogen and oxygen atoms in total. The zero-order chi connectivity index (χ0) is 28.0. The van der Waals surface area contributed by atoms with Crippen LogP contribution in [0.4, 0.5) is 10.5 Å². The standard InChI is InChI=1S/C31H39N3O4/c1-8-34(29(36)26(20(2)3)33-30(37)38-31(5,6)7)27(23-15-13-21(4)14-16-23)28(35)32-25-18-17-22-11-9-10-12-24(22)19-25/h9-20,26-27H,8H2,1-7H3,(H,32,35)(H,33,37). The highest BCUT2D eigenvalue weighted by atomic mass is 16.6. The first kappa shape index (κ1) is 28.7. The van der Waals surface area contributed by atoms with E-state index in [4.69, 9.17) is 4.74 Å². The van der Waals surface area contributed by atoms with Gasteiger partial charge in [0.25, 0.3) is 5.91 Å². The molecule has 2 N–H and O–H groups in total. The molecule has 3 rings (SSSR count). The summed E-state index contributed by atoms with van der Waals surface area (Å²) in [6, 6.07) is 19.4. The molecule has 0 aliphatic carbocycles. The average molecular weight is 518 g/mol. The van der Waals surface area contributed by atoms with Crippen LogP contribution in [0.1, 0.15) is 58.7 Å². The molecule has 2 atom stereocenters. The number of anilines is 1. The van der Waals surface area contributed by atoms with E-state index >= 15 is 0 Å². The number of fused-ring (bicyclic) bond motifs is 1. The van der Waals surface area contributed by atoms with Crippen LogP contribution in [0.2, 0.25) is 0 Å². The van der Waals surface area contributed by atoms with Gasteiger partial charge < -0.3 is 20.3 Å². The number of amides is 3. The zero-order valence-corrected chi connectivity index (χ0v) is 23.4. The molecule has 0 spiro atoms. The molecule has 0 aliphatic rings. The summed E-state index contributed by atoms with van der Waals surface area (Å²) in [5, 5.41) is 7.81. The fourth-order valence-electron chi connectivity index (χ4n) is 4.29. The van der Waals surface area contributed by atoms with E-state index in [0.717, 1.165) is 16.3 Å². The summed E-state index contributed by atoms with van der Waals surface area (Å²) in [5.74, 6) is -0.919. The van der Waals surface area contributed by atoms with Gasteiger partial charge in [0, 0.05) is 12.2 Å². The number of nitrogens with zero attached hydrogens (tertiary/aromatic N) is 1. The van der Waals surface area contributed by atoms with Gasteiger partial charge in [0.15, 0.2) is 0 Å². The Labute approximate surface area is 225 Å². The van der Waals surface area contributed by atoms with Crippen LogP contribution < -0.4 is 10.6 Å². The number of aryl methyl sites for hydroxylation is 1. The van der Waals surface area contributed by atoms with Crippen LogP contribution in [-0.4, -0.2) is 41.0 Å². The Hall–Kier alpha value is -3.87. The largest absolute Gasteiger partial charge is 0.444 e. The summed E-state index contributed by atoms with van der Waals surface area (Å²) in [6.07, 6.45) is -0.673. The van der Waals surface area contributed by atoms with Crippen LogP contribution in [0, 0.1) is 12.8 Å². The monoisotopic (exact) mass is 517 g/mol. The molecule has 0 heterocycles. The maximum Gasteiger partial charge on any atom is 0.408 e. The lowest BCUT2D eigenvalue weighted by atomic mass is 9.98. The van der Waals surface area contributed by atoms with Crippen molar-refractivity contribution < 1.29 is 19.1 Å². The van der Waals surface area contributed by atoms with Crippen LogP contribution in [-0.2, 0) is 14.3 Å². The number of alkyl carbamates (subject to hydrolysis) is 1. The van der Waals surface area contributed by atoms with E-state index in [1.54, 1.807) is 20.8 Å². The molecule has 7 heteroatoms. The molecule has 0 aromatic heterocycles. The Kier molecular flexibility index (Phi) is 9.15. The number of hydrogen-bond donors (Lipinski definition) is 2. The topological polar surface area (TPSA) is 87.7 Å². The minimum Gasteiger partial charge on any atom is -0.444 e. The smallest absolute Gasteiger partial charge is 0.408 e. The van der Waals surface area contributed by atoms with E-state index in [1.807, 2.05) is 94.4 Å². The fourth-order valence-corrected chi connectivity index (χ4v) is 4.29. The van der Waals surface area contributed by atoms with Gasteiger partial charge in [-0.15, -0.1) is 0 Å². The summed E-state index contributed by atoms with van der Waals surface area (Å²) in [6.45, 7) is 13.1. The molecule has 38 heavy (non-hydrogen) atoms. The Balaban J connectivity index is 1.95. The number of rotatable bonds is 8. The molecule has 3 aromatic carbocycles. The van der Waals surface area contributed by atoms with E-state index in [2.05, 4.69) is 10.6 Å². The highest BCUT2D eigenvalue weighted by molar-refractivity contribution is 6.00. The second kappa shape index (κ2) is 12.1. The lowest BCUT2D eigenvalue weighted by Gasteiger charge is -2.35. The molecule has 2 unspecified atom stereocenters. The van der Waals surface area contributed by atoms with Crippen molar-refractivity contribution in [2.75, 3.05) is 11.9 Å². The molecule has 0 saturated heterocycles. The molecule has 3 aromatic rings. The maximum atomic E-state index is 13.9. The van der Waals surface area contributed by atoms with Crippen molar-refractivity contribution in [2.45, 2.75) is 66.2 Å². The maximum absolute atomic E-state index is 13.9. The number of ether oxygens (including phenoxy) is 1. The van der Waals surface area contributed by atoms with E-state index in [1.165, 1.54) is 4.90 Å². The first-order chi connectivity index (χ1) is 17.9. The van der Waals surface area contributed by atoms with E-state index in [9.17, 15) is 14.4 Å². The van der Waals surface area contributed by atoms with Crippen LogP contribution in [0.3, 0.4) is 0 Å². The number of carbonyl (C=O) groups excluding carboxylic acids is 3. The van der Waals surface area contributed by atoms with Gasteiger partial charge in [-0.3, -0.25) is 9.59 Å². The van der Waals surface area contributed by atoms with Crippen LogP contribution >= 0.6 is 0 Å². The molecule has 0 aliphatic heterocycles. The van der Waals surface area contributed by atoms with Crippen molar-refractivity contribution >= 4 is 34.4 Å². The van der Waals surface area contributed by atoms with Gasteiger partial charge in [0.2, 0.25) is 5.91 Å². The predicted octanol–water partition coefficient (Wildman–Crippen LogP) is 6.23. The molecule has 3 amide bonds. The highest BCUT2D eigenvalue weighted by Gasteiger charge is 2.36. The third-order valence-corrected chi connectivity index (χ3v) is 6.20. The summed E-state index contributed by atoms with van der Waals surface area (Å²) < 4.78 is 5.40. The Bertz CT molecular complexity index is 1280. The van der Waals surface area contributed by atoms with Gasteiger partial charge in [0.1, 0.15) is 17.7 Å². The molecule has 0 fully saturated rings. The Morgan fingerprint density at radius 3 is 2.13 bits per heavy atom. The molecular formula is C31H39N3O4. The number of benzene rings is 3. The zero-order valence-electron chi connectivity index (χ0n) is 23.4. The highest BCUT2D eigenvalue weighted by Crippen LogP contribution is 2.27. The van der Waals surface area contributed by atoms with Gasteiger partial charge >= 0.3 is 6.09 Å². The third kappa shape index (κ3) is 7.34. The normalized spacial score (nSPS) is 13.1. The second-order valence-corrected chi connectivity index (χ2v) is 10.9. The lowest BCUT2D eigenvalue weighted by molar-refractivity contribution is -0.141. The molecule has 0 bridgehead atoms. The summed E-state index contributed by atoms with van der Waals surface area (Å²) in [7, 11) is 0. The Morgan fingerprint density at radius 1 is 0.921 bits per heavy atom. The van der Waals surface area contributed by atoms with Gasteiger partial charge in [-0.05, 0) is 69.0 Å². The average Bonchev–Trinajstić information content (AvgIpc) is 2.84. The van der Waals surface area contributed by atoms with Crippen molar-refractivity contribution in [3.05, 3.63) is 77.9 Å². The van der Waals surface area contributed by atoms with Crippen molar-refractivity contribution in [3.8, 4) is 0 Å². The minimum absolute atomic E-state index is 0.230. The molecule has 0 radical (unpaired) electrons. The first-order valence-electron chi connectivity index (χ1n) is 13.1. The molecule has 202 valence electrons. The molecular weight excluding hydrogens is 478 g/mol. The second-order valence-electron chi connectivity index (χ2n) is 10.9. The van der Waals surface area contributed by atoms with Crippen molar-refractivity contribution in [1.82, 2.24) is 10.2 Å². The number of hydrogen-bond acceptors (Lipinski definition) is 4. The van der Waals surface area contributed by atoms with Crippen LogP contribution in [0.15, 0.2) is 66.7 Å². The number of nitrogens with one attached hydrogen (secondary N) is 2. The van der Waals surface area contributed by atoms with Gasteiger partial charge in [0.05, 0.1) is 0 Å². The van der Waals surface area contributed by atoms with Gasteiger partial charge in [-0.2, -0.15) is 0 Å².